The summed E-state index contributed by atoms with van der Waals surface area (Å²) in [6.45, 7) is 2.72. The predicted octanol–water partition coefficient (Wildman–Crippen LogP) is 2.46. The lowest BCUT2D eigenvalue weighted by Gasteiger charge is -2.34. The molecule has 8 nitrogen and oxygen atoms in total. The van der Waals surface area contributed by atoms with Crippen molar-refractivity contribution in [2.75, 3.05) is 31.1 Å². The number of hydrogen-bond donors (Lipinski definition) is 0. The number of halogens is 1. The Kier molecular flexibility index (Phi) is 5.48. The zero-order valence-corrected chi connectivity index (χ0v) is 15.9. The number of benzene rings is 1. The summed E-state index contributed by atoms with van der Waals surface area (Å²) in [5.41, 5.74) is 0.688. The number of carbonyl (C=O) groups excluding carboxylic acids is 1. The van der Waals surface area contributed by atoms with E-state index in [1.807, 2.05) is 23.1 Å². The number of aryl methyl sites for hydroxylation is 1. The maximum Gasteiger partial charge on any atom is 0.249 e. The molecule has 1 fully saturated rings. The third-order valence-electron chi connectivity index (χ3n) is 4.59. The van der Waals surface area contributed by atoms with Gasteiger partial charge in [-0.05, 0) is 18.2 Å². The van der Waals surface area contributed by atoms with Crippen LogP contribution in [0.15, 0.2) is 47.1 Å². The van der Waals surface area contributed by atoms with Crippen molar-refractivity contribution < 1.29 is 9.21 Å². The van der Waals surface area contributed by atoms with Crippen LogP contribution >= 0.6 is 11.6 Å². The number of aromatic nitrogens is 4. The van der Waals surface area contributed by atoms with Crippen molar-refractivity contribution in [3.8, 4) is 11.5 Å². The molecule has 0 N–H and O–H groups in total. The minimum absolute atomic E-state index is 0.0751. The van der Waals surface area contributed by atoms with Gasteiger partial charge in [-0.15, -0.1) is 10.2 Å². The van der Waals surface area contributed by atoms with Gasteiger partial charge in [-0.3, -0.25) is 4.79 Å². The number of amides is 1. The topological polar surface area (TPSA) is 88.3 Å². The van der Waals surface area contributed by atoms with E-state index < -0.39 is 0 Å². The molecule has 28 heavy (non-hydrogen) atoms. The van der Waals surface area contributed by atoms with Gasteiger partial charge in [0.15, 0.2) is 0 Å². The van der Waals surface area contributed by atoms with Gasteiger partial charge in [0.25, 0.3) is 0 Å². The Morgan fingerprint density at radius 1 is 1.04 bits per heavy atom. The molecule has 144 valence electrons. The standard InChI is InChI=1S/C19H19ClN6O2/c20-15-5-2-1-4-14(15)18-24-23-16(28-18)6-7-17(27)25-10-12-26(13-11-25)19-21-8-3-9-22-19/h1-5,8-9H,6-7,10-13H2. The zero-order valence-electron chi connectivity index (χ0n) is 15.2. The summed E-state index contributed by atoms with van der Waals surface area (Å²) >= 11 is 6.15. The monoisotopic (exact) mass is 398 g/mol. The Bertz CT molecular complexity index is 940. The number of nitrogens with zero attached hydrogens (tertiary/aromatic N) is 6. The third-order valence-corrected chi connectivity index (χ3v) is 4.92. The van der Waals surface area contributed by atoms with Crippen LogP contribution in [-0.2, 0) is 11.2 Å². The van der Waals surface area contributed by atoms with E-state index in [1.165, 1.54) is 0 Å². The Morgan fingerprint density at radius 2 is 1.79 bits per heavy atom. The molecule has 0 radical (unpaired) electrons. The fraction of sp³-hybridized carbons (Fsp3) is 0.316. The van der Waals surface area contributed by atoms with Gasteiger partial charge in [0.2, 0.25) is 23.6 Å². The van der Waals surface area contributed by atoms with Crippen molar-refractivity contribution in [2.45, 2.75) is 12.8 Å². The Morgan fingerprint density at radius 3 is 2.54 bits per heavy atom. The van der Waals surface area contributed by atoms with Crippen molar-refractivity contribution in [2.24, 2.45) is 0 Å². The highest BCUT2D eigenvalue weighted by Gasteiger charge is 2.23. The van der Waals surface area contributed by atoms with E-state index in [4.69, 9.17) is 16.0 Å². The summed E-state index contributed by atoms with van der Waals surface area (Å²) in [6, 6.07) is 9.07. The first-order valence-electron chi connectivity index (χ1n) is 9.08. The molecule has 0 aliphatic carbocycles. The van der Waals surface area contributed by atoms with E-state index >= 15 is 0 Å². The van der Waals surface area contributed by atoms with Gasteiger partial charge in [0.05, 0.1) is 10.6 Å². The molecular weight excluding hydrogens is 380 g/mol. The fourth-order valence-electron chi connectivity index (χ4n) is 3.08. The van der Waals surface area contributed by atoms with Crippen molar-refractivity contribution in [1.29, 1.82) is 0 Å². The van der Waals surface area contributed by atoms with Crippen molar-refractivity contribution in [1.82, 2.24) is 25.1 Å². The molecule has 1 saturated heterocycles. The van der Waals surface area contributed by atoms with Gasteiger partial charge >= 0.3 is 0 Å². The summed E-state index contributed by atoms with van der Waals surface area (Å²) in [5, 5.41) is 8.62. The fourth-order valence-corrected chi connectivity index (χ4v) is 3.30. The van der Waals surface area contributed by atoms with Crippen LogP contribution in [0.4, 0.5) is 5.95 Å². The first-order chi connectivity index (χ1) is 13.7. The first kappa shape index (κ1) is 18.4. The summed E-state index contributed by atoms with van der Waals surface area (Å²) < 4.78 is 5.66. The largest absolute Gasteiger partial charge is 0.421 e. The molecule has 2 aromatic heterocycles. The van der Waals surface area contributed by atoms with Crippen LogP contribution < -0.4 is 4.90 Å². The average molecular weight is 399 g/mol. The van der Waals surface area contributed by atoms with Crippen LogP contribution in [0.25, 0.3) is 11.5 Å². The van der Waals surface area contributed by atoms with Crippen LogP contribution in [0.3, 0.4) is 0 Å². The molecule has 0 atom stereocenters. The van der Waals surface area contributed by atoms with E-state index in [-0.39, 0.29) is 5.91 Å². The molecule has 3 heterocycles. The minimum atomic E-state index is 0.0751. The Balaban J connectivity index is 1.29. The second-order valence-corrected chi connectivity index (χ2v) is 6.80. The lowest BCUT2D eigenvalue weighted by atomic mass is 10.2. The molecule has 0 saturated carbocycles. The maximum absolute atomic E-state index is 12.5. The second-order valence-electron chi connectivity index (χ2n) is 6.40. The molecule has 1 aliphatic rings. The van der Waals surface area contributed by atoms with Crippen LogP contribution in [0, 0.1) is 0 Å². The van der Waals surface area contributed by atoms with Crippen molar-refractivity contribution >= 4 is 23.5 Å². The molecule has 1 amide bonds. The highest BCUT2D eigenvalue weighted by Crippen LogP contribution is 2.26. The highest BCUT2D eigenvalue weighted by atomic mass is 35.5. The zero-order chi connectivity index (χ0) is 19.3. The van der Waals surface area contributed by atoms with Crippen molar-refractivity contribution in [3.05, 3.63) is 53.6 Å². The van der Waals surface area contributed by atoms with Gasteiger partial charge < -0.3 is 14.2 Å². The van der Waals surface area contributed by atoms with E-state index in [0.717, 1.165) is 0 Å². The summed E-state index contributed by atoms with van der Waals surface area (Å²) in [6.07, 6.45) is 4.17. The van der Waals surface area contributed by atoms with Crippen LogP contribution in [0.1, 0.15) is 12.3 Å². The van der Waals surface area contributed by atoms with Crippen molar-refractivity contribution in [3.63, 3.8) is 0 Å². The minimum Gasteiger partial charge on any atom is -0.421 e. The molecule has 3 aromatic rings. The molecule has 9 heteroatoms. The van der Waals surface area contributed by atoms with E-state index in [9.17, 15) is 4.79 Å². The summed E-state index contributed by atoms with van der Waals surface area (Å²) in [4.78, 5) is 25.0. The Hall–Kier alpha value is -3.00. The number of piperazine rings is 1. The molecule has 1 aliphatic heterocycles. The molecular formula is C19H19ClN6O2. The van der Waals surface area contributed by atoms with Gasteiger partial charge in [0.1, 0.15) is 0 Å². The normalized spacial score (nSPS) is 14.3. The smallest absolute Gasteiger partial charge is 0.249 e. The predicted molar refractivity (Wildman–Crippen MR) is 104 cm³/mol. The molecule has 0 unspecified atom stereocenters. The van der Waals surface area contributed by atoms with E-state index in [0.29, 0.717) is 67.3 Å². The SMILES string of the molecule is O=C(CCc1nnc(-c2ccccc2Cl)o1)N1CCN(c2ncccn2)CC1. The molecule has 1 aromatic carbocycles. The lowest BCUT2D eigenvalue weighted by molar-refractivity contribution is -0.131. The number of rotatable bonds is 5. The number of hydrogen-bond acceptors (Lipinski definition) is 7. The number of anilines is 1. The average Bonchev–Trinajstić information content (AvgIpc) is 3.22. The van der Waals surface area contributed by atoms with Gasteiger partial charge in [-0.25, -0.2) is 9.97 Å². The van der Waals surface area contributed by atoms with Gasteiger partial charge in [0, 0.05) is 51.4 Å². The quantitative estimate of drug-likeness (QED) is 0.652. The summed E-state index contributed by atoms with van der Waals surface area (Å²) in [7, 11) is 0. The van der Waals surface area contributed by atoms with Crippen LogP contribution in [0.2, 0.25) is 5.02 Å². The Labute approximate surface area is 167 Å². The van der Waals surface area contributed by atoms with Gasteiger partial charge in [-0.2, -0.15) is 0 Å². The van der Waals surface area contributed by atoms with E-state index in [2.05, 4.69) is 25.1 Å². The molecule has 4 rings (SSSR count). The number of carbonyl (C=O) groups is 1. The maximum atomic E-state index is 12.5. The molecule has 0 bridgehead atoms. The first-order valence-corrected chi connectivity index (χ1v) is 9.45. The van der Waals surface area contributed by atoms with E-state index in [1.54, 1.807) is 24.5 Å². The van der Waals surface area contributed by atoms with Gasteiger partial charge in [-0.1, -0.05) is 23.7 Å². The van der Waals surface area contributed by atoms with Crippen LogP contribution in [0.5, 0.6) is 0 Å². The highest BCUT2D eigenvalue weighted by molar-refractivity contribution is 6.33. The second kappa shape index (κ2) is 8.35. The molecule has 0 spiro atoms. The van der Waals surface area contributed by atoms with Crippen LogP contribution in [-0.4, -0.2) is 57.2 Å². The summed E-state index contributed by atoms with van der Waals surface area (Å²) in [5.74, 6) is 1.57. The third kappa shape index (κ3) is 4.12. The lowest BCUT2D eigenvalue weighted by Crippen LogP contribution is -2.49.